The van der Waals surface area contributed by atoms with Gasteiger partial charge in [0.05, 0.1) is 18.3 Å². The van der Waals surface area contributed by atoms with Crippen LogP contribution < -0.4 is 0 Å². The molecule has 2 atom stereocenters. The second kappa shape index (κ2) is 6.23. The summed E-state index contributed by atoms with van der Waals surface area (Å²) in [6.45, 7) is 4.09. The predicted molar refractivity (Wildman–Crippen MR) is 80.9 cm³/mol. The number of pyridine rings is 1. The molecule has 7 heteroatoms. The lowest BCUT2D eigenvalue weighted by Crippen LogP contribution is -2.50. The molecule has 22 heavy (non-hydrogen) atoms. The smallest absolute Gasteiger partial charge is 0.244 e. The predicted octanol–water partition coefficient (Wildman–Crippen LogP) is 1.43. The average molecular weight is 326 g/mol. The first-order valence-corrected chi connectivity index (χ1v) is 9.15. The van der Waals surface area contributed by atoms with Crippen LogP contribution in [0, 0.1) is 0 Å². The van der Waals surface area contributed by atoms with Gasteiger partial charge in [0.2, 0.25) is 10.0 Å². The van der Waals surface area contributed by atoms with Crippen LogP contribution in [0.1, 0.15) is 26.2 Å². The van der Waals surface area contributed by atoms with Gasteiger partial charge in [-0.05, 0) is 31.9 Å². The summed E-state index contributed by atoms with van der Waals surface area (Å²) in [5.41, 5.74) is -0.395. The molecule has 2 aliphatic heterocycles. The van der Waals surface area contributed by atoms with E-state index in [-0.39, 0.29) is 11.0 Å². The molecule has 2 aliphatic rings. The van der Waals surface area contributed by atoms with E-state index >= 15 is 0 Å². The number of rotatable bonds is 4. The van der Waals surface area contributed by atoms with Crippen LogP contribution in [0.2, 0.25) is 0 Å². The maximum atomic E-state index is 12.7. The van der Waals surface area contributed by atoms with Gasteiger partial charge in [-0.25, -0.2) is 8.42 Å². The molecule has 0 bridgehead atoms. The molecule has 2 fully saturated rings. The number of piperidine rings is 1. The highest BCUT2D eigenvalue weighted by Gasteiger charge is 2.46. The molecule has 0 unspecified atom stereocenters. The molecule has 0 radical (unpaired) electrons. The fourth-order valence-electron chi connectivity index (χ4n) is 3.34. The Morgan fingerprint density at radius 1 is 1.55 bits per heavy atom. The molecule has 0 saturated carbocycles. The largest absolute Gasteiger partial charge is 0.376 e. The van der Waals surface area contributed by atoms with E-state index in [1.54, 1.807) is 18.3 Å². The van der Waals surface area contributed by atoms with Gasteiger partial charge in [0.1, 0.15) is 4.90 Å². The van der Waals surface area contributed by atoms with E-state index in [2.05, 4.69) is 4.98 Å². The van der Waals surface area contributed by atoms with Gasteiger partial charge in [-0.2, -0.15) is 4.31 Å². The van der Waals surface area contributed by atoms with Crippen LogP contribution in [0.15, 0.2) is 29.4 Å². The quantitative estimate of drug-likeness (QED) is 0.837. The molecule has 1 aromatic heterocycles. The minimum atomic E-state index is -3.51. The summed E-state index contributed by atoms with van der Waals surface area (Å²) in [4.78, 5) is 4.16. The van der Waals surface area contributed by atoms with Gasteiger partial charge >= 0.3 is 0 Å². The summed E-state index contributed by atoms with van der Waals surface area (Å²) in [7, 11) is -3.51. The monoisotopic (exact) mass is 326 g/mol. The lowest BCUT2D eigenvalue weighted by molar-refractivity contribution is -0.0353. The second-order valence-electron chi connectivity index (χ2n) is 5.91. The van der Waals surface area contributed by atoms with Crippen molar-refractivity contribution in [2.45, 2.75) is 42.8 Å². The summed E-state index contributed by atoms with van der Waals surface area (Å²) < 4.78 is 38.6. The Labute approximate surface area is 131 Å². The van der Waals surface area contributed by atoms with Crippen LogP contribution >= 0.6 is 0 Å². The first-order chi connectivity index (χ1) is 10.6. The van der Waals surface area contributed by atoms with E-state index in [1.165, 1.54) is 10.5 Å². The molecule has 1 spiro atoms. The number of ether oxygens (including phenoxy) is 2. The maximum Gasteiger partial charge on any atom is 0.244 e. The van der Waals surface area contributed by atoms with Crippen LogP contribution in [0.5, 0.6) is 0 Å². The highest BCUT2D eigenvalue weighted by Crippen LogP contribution is 2.37. The highest BCUT2D eigenvalue weighted by atomic mass is 32.2. The lowest BCUT2D eigenvalue weighted by Gasteiger charge is -2.38. The summed E-state index contributed by atoms with van der Waals surface area (Å²) in [6, 6.07) is 3.23. The zero-order valence-corrected chi connectivity index (χ0v) is 13.6. The lowest BCUT2D eigenvalue weighted by atomic mass is 9.90. The Balaban J connectivity index is 1.76. The van der Waals surface area contributed by atoms with Gasteiger partial charge in [0, 0.05) is 38.5 Å². The molecule has 3 heterocycles. The topological polar surface area (TPSA) is 68.7 Å². The number of hydrogen-bond donors (Lipinski definition) is 0. The van der Waals surface area contributed by atoms with Crippen molar-refractivity contribution in [2.24, 2.45) is 0 Å². The van der Waals surface area contributed by atoms with Gasteiger partial charge < -0.3 is 9.47 Å². The fraction of sp³-hybridized carbons (Fsp3) is 0.667. The first-order valence-electron chi connectivity index (χ1n) is 7.71. The third kappa shape index (κ3) is 3.03. The Bertz CT molecular complexity index is 607. The number of hydrogen-bond acceptors (Lipinski definition) is 5. The van der Waals surface area contributed by atoms with Crippen LogP contribution in [0.3, 0.4) is 0 Å². The van der Waals surface area contributed by atoms with Crippen molar-refractivity contribution < 1.29 is 17.9 Å². The van der Waals surface area contributed by atoms with Crippen molar-refractivity contribution in [1.29, 1.82) is 0 Å². The zero-order chi connectivity index (χ0) is 15.6. The molecular formula is C15H22N2O4S. The Hall–Kier alpha value is -1.02. The molecule has 0 N–H and O–H groups in total. The fourth-order valence-corrected chi connectivity index (χ4v) is 4.86. The van der Waals surface area contributed by atoms with Gasteiger partial charge in [-0.1, -0.05) is 0 Å². The van der Waals surface area contributed by atoms with E-state index in [1.807, 2.05) is 6.92 Å². The van der Waals surface area contributed by atoms with Gasteiger partial charge in [0.25, 0.3) is 0 Å². The van der Waals surface area contributed by atoms with E-state index in [4.69, 9.17) is 9.47 Å². The Morgan fingerprint density at radius 3 is 3.14 bits per heavy atom. The number of sulfonamides is 1. The van der Waals surface area contributed by atoms with E-state index in [0.29, 0.717) is 26.3 Å². The van der Waals surface area contributed by atoms with Crippen molar-refractivity contribution in [3.05, 3.63) is 24.5 Å². The van der Waals surface area contributed by atoms with Gasteiger partial charge in [0.15, 0.2) is 0 Å². The van der Waals surface area contributed by atoms with Gasteiger partial charge in [-0.3, -0.25) is 4.98 Å². The Morgan fingerprint density at radius 2 is 2.41 bits per heavy atom. The molecule has 0 aliphatic carbocycles. The first kappa shape index (κ1) is 15.9. The third-order valence-electron chi connectivity index (χ3n) is 4.35. The third-order valence-corrected chi connectivity index (χ3v) is 6.18. The standard InChI is InChI=1S/C15H22N2O4S/c1-2-20-13-9-15(21-11-13)6-4-8-17(12-15)22(18,19)14-5-3-7-16-10-14/h3,5,7,10,13H,2,4,6,8-9,11-12H2,1H3/t13-,15+/m1/s1. The molecule has 3 rings (SSSR count). The summed E-state index contributed by atoms with van der Waals surface area (Å²) >= 11 is 0. The van der Waals surface area contributed by atoms with Crippen molar-refractivity contribution >= 4 is 10.0 Å². The van der Waals surface area contributed by atoms with Crippen LogP contribution in [0.4, 0.5) is 0 Å². The molecule has 0 amide bonds. The SMILES string of the molecule is CCO[C@H]1CO[C@@]2(CCCN(S(=O)(=O)c3cccnc3)C2)C1. The minimum Gasteiger partial charge on any atom is -0.376 e. The number of aromatic nitrogens is 1. The minimum absolute atomic E-state index is 0.0750. The van der Waals surface area contributed by atoms with Gasteiger partial charge in [-0.15, -0.1) is 0 Å². The molecule has 6 nitrogen and oxygen atoms in total. The molecule has 1 aromatic rings. The van der Waals surface area contributed by atoms with Crippen LogP contribution in [0.25, 0.3) is 0 Å². The van der Waals surface area contributed by atoms with E-state index < -0.39 is 15.6 Å². The second-order valence-corrected chi connectivity index (χ2v) is 7.84. The number of nitrogens with zero attached hydrogens (tertiary/aromatic N) is 2. The zero-order valence-electron chi connectivity index (χ0n) is 12.8. The van der Waals surface area contributed by atoms with Crippen LogP contribution in [-0.4, -0.2) is 55.7 Å². The average Bonchev–Trinajstić information content (AvgIpc) is 2.91. The van der Waals surface area contributed by atoms with Crippen molar-refractivity contribution in [3.63, 3.8) is 0 Å². The maximum absolute atomic E-state index is 12.7. The molecule has 122 valence electrons. The van der Waals surface area contributed by atoms with E-state index in [0.717, 1.165) is 19.3 Å². The summed E-state index contributed by atoms with van der Waals surface area (Å²) in [6.07, 6.45) is 5.50. The molecule has 2 saturated heterocycles. The Kier molecular flexibility index (Phi) is 4.49. The summed E-state index contributed by atoms with van der Waals surface area (Å²) in [5.74, 6) is 0. The van der Waals surface area contributed by atoms with Crippen LogP contribution in [-0.2, 0) is 19.5 Å². The van der Waals surface area contributed by atoms with Crippen molar-refractivity contribution in [3.8, 4) is 0 Å². The summed E-state index contributed by atoms with van der Waals surface area (Å²) in [5, 5.41) is 0. The van der Waals surface area contributed by atoms with Crippen molar-refractivity contribution in [2.75, 3.05) is 26.3 Å². The highest BCUT2D eigenvalue weighted by molar-refractivity contribution is 7.89. The molecular weight excluding hydrogens is 304 g/mol. The van der Waals surface area contributed by atoms with E-state index in [9.17, 15) is 8.42 Å². The van der Waals surface area contributed by atoms with Crippen molar-refractivity contribution in [1.82, 2.24) is 9.29 Å². The molecule has 0 aromatic carbocycles. The normalized spacial score (nSPS) is 30.0.